The zero-order valence-corrected chi connectivity index (χ0v) is 10.9. The molecular formula is C13H18N2OS. The molecule has 3 nitrogen and oxygen atoms in total. The van der Waals surface area contributed by atoms with Crippen LogP contribution < -0.4 is 5.32 Å². The fourth-order valence-electron chi connectivity index (χ4n) is 2.97. The Hall–Kier alpha value is -0.870. The summed E-state index contributed by atoms with van der Waals surface area (Å²) in [6, 6.07) is 2.38. The standard InChI is InChI=1S/C13H18N2OS/c1-9-4-7-17-12(9)13(16)14-11-8-15-5-2-10(11)3-6-15/h4,7,10-11H,2-3,5-6,8H2,1H3,(H,14,16). The number of hydrogen-bond donors (Lipinski definition) is 1. The third-order valence-corrected chi connectivity index (χ3v) is 5.06. The van der Waals surface area contributed by atoms with Gasteiger partial charge in [0, 0.05) is 12.6 Å². The first-order valence-electron chi connectivity index (χ1n) is 6.31. The predicted molar refractivity (Wildman–Crippen MR) is 69.5 cm³/mol. The number of piperidine rings is 3. The number of nitrogens with zero attached hydrogens (tertiary/aromatic N) is 1. The molecule has 1 N–H and O–H groups in total. The highest BCUT2D eigenvalue weighted by molar-refractivity contribution is 7.12. The maximum Gasteiger partial charge on any atom is 0.261 e. The third-order valence-electron chi connectivity index (χ3n) is 4.04. The zero-order valence-electron chi connectivity index (χ0n) is 10.1. The van der Waals surface area contributed by atoms with Crippen LogP contribution in [0.4, 0.5) is 0 Å². The van der Waals surface area contributed by atoms with Crippen molar-refractivity contribution in [2.45, 2.75) is 25.8 Å². The van der Waals surface area contributed by atoms with E-state index in [0.29, 0.717) is 12.0 Å². The second kappa shape index (κ2) is 4.42. The van der Waals surface area contributed by atoms with E-state index in [1.165, 1.54) is 25.9 Å². The van der Waals surface area contributed by atoms with Gasteiger partial charge in [-0.15, -0.1) is 11.3 Å². The van der Waals surface area contributed by atoms with Crippen LogP contribution in [0, 0.1) is 12.8 Å². The molecule has 0 aliphatic carbocycles. The predicted octanol–water partition coefficient (Wildman–Crippen LogP) is 1.88. The summed E-state index contributed by atoms with van der Waals surface area (Å²) in [6.45, 7) is 5.48. The quantitative estimate of drug-likeness (QED) is 0.869. The molecule has 3 saturated heterocycles. The number of carbonyl (C=O) groups is 1. The lowest BCUT2D eigenvalue weighted by atomic mass is 9.84. The Morgan fingerprint density at radius 3 is 2.76 bits per heavy atom. The molecule has 1 aromatic rings. The van der Waals surface area contributed by atoms with Crippen molar-refractivity contribution in [2.24, 2.45) is 5.92 Å². The summed E-state index contributed by atoms with van der Waals surface area (Å²) in [5.74, 6) is 0.820. The van der Waals surface area contributed by atoms with Crippen molar-refractivity contribution in [3.63, 3.8) is 0 Å². The molecule has 2 bridgehead atoms. The highest BCUT2D eigenvalue weighted by Gasteiger charge is 2.35. The normalized spacial score (nSPS) is 31.5. The van der Waals surface area contributed by atoms with Crippen LogP contribution in [0.3, 0.4) is 0 Å². The lowest BCUT2D eigenvalue weighted by molar-refractivity contribution is 0.0622. The van der Waals surface area contributed by atoms with Gasteiger partial charge in [0.05, 0.1) is 4.88 Å². The van der Waals surface area contributed by atoms with E-state index in [0.717, 1.165) is 17.0 Å². The summed E-state index contributed by atoms with van der Waals surface area (Å²) in [7, 11) is 0. The molecule has 92 valence electrons. The zero-order chi connectivity index (χ0) is 11.8. The average Bonchev–Trinajstić information content (AvgIpc) is 2.77. The first kappa shape index (κ1) is 11.2. The highest BCUT2D eigenvalue weighted by atomic mass is 32.1. The summed E-state index contributed by atoms with van der Waals surface area (Å²) < 4.78 is 0. The Bertz CT molecular complexity index is 421. The fourth-order valence-corrected chi connectivity index (χ4v) is 3.80. The van der Waals surface area contributed by atoms with E-state index in [2.05, 4.69) is 10.2 Å². The molecule has 3 fully saturated rings. The first-order chi connectivity index (χ1) is 8.24. The Kier molecular flexibility index (Phi) is 2.92. The SMILES string of the molecule is Cc1ccsc1C(=O)NC1CN2CCC1CC2. The van der Waals surface area contributed by atoms with Gasteiger partial charge < -0.3 is 10.2 Å². The van der Waals surface area contributed by atoms with E-state index in [1.807, 2.05) is 18.4 Å². The molecule has 0 saturated carbocycles. The number of carbonyl (C=O) groups excluding carboxylic acids is 1. The maximum atomic E-state index is 12.2. The fraction of sp³-hybridized carbons (Fsp3) is 0.615. The van der Waals surface area contributed by atoms with Crippen LogP contribution in [-0.4, -0.2) is 36.5 Å². The van der Waals surface area contributed by atoms with Crippen LogP contribution in [0.25, 0.3) is 0 Å². The average molecular weight is 250 g/mol. The van der Waals surface area contributed by atoms with Crippen LogP contribution >= 0.6 is 11.3 Å². The van der Waals surface area contributed by atoms with Gasteiger partial charge in [-0.05, 0) is 55.8 Å². The highest BCUT2D eigenvalue weighted by Crippen LogP contribution is 2.28. The molecule has 0 radical (unpaired) electrons. The minimum Gasteiger partial charge on any atom is -0.347 e. The topological polar surface area (TPSA) is 32.3 Å². The molecule has 4 heteroatoms. The molecule has 3 aliphatic rings. The molecule has 4 rings (SSSR count). The van der Waals surface area contributed by atoms with Crippen molar-refractivity contribution in [3.05, 3.63) is 21.9 Å². The van der Waals surface area contributed by atoms with Crippen LogP contribution in [-0.2, 0) is 0 Å². The van der Waals surface area contributed by atoms with Gasteiger partial charge in [0.2, 0.25) is 0 Å². The number of rotatable bonds is 2. The van der Waals surface area contributed by atoms with E-state index < -0.39 is 0 Å². The Morgan fingerprint density at radius 1 is 1.47 bits per heavy atom. The van der Waals surface area contributed by atoms with Gasteiger partial charge in [-0.1, -0.05) is 0 Å². The molecule has 17 heavy (non-hydrogen) atoms. The van der Waals surface area contributed by atoms with E-state index in [-0.39, 0.29) is 5.91 Å². The maximum absolute atomic E-state index is 12.2. The van der Waals surface area contributed by atoms with Crippen LogP contribution in [0.1, 0.15) is 28.1 Å². The number of thiophene rings is 1. The molecule has 1 atom stereocenters. The van der Waals surface area contributed by atoms with Gasteiger partial charge in [-0.25, -0.2) is 0 Å². The summed E-state index contributed by atoms with van der Waals surface area (Å²) >= 11 is 1.54. The summed E-state index contributed by atoms with van der Waals surface area (Å²) in [6.07, 6.45) is 2.49. The van der Waals surface area contributed by atoms with Gasteiger partial charge in [-0.3, -0.25) is 4.79 Å². The molecular weight excluding hydrogens is 232 g/mol. The Labute approximate surface area is 106 Å². The molecule has 0 spiro atoms. The van der Waals surface area contributed by atoms with Gasteiger partial charge in [-0.2, -0.15) is 0 Å². The van der Waals surface area contributed by atoms with E-state index >= 15 is 0 Å². The van der Waals surface area contributed by atoms with Gasteiger partial charge in [0.25, 0.3) is 5.91 Å². The minimum atomic E-state index is 0.122. The van der Waals surface area contributed by atoms with Gasteiger partial charge in [0.15, 0.2) is 0 Å². The first-order valence-corrected chi connectivity index (χ1v) is 7.19. The van der Waals surface area contributed by atoms with Crippen LogP contribution in [0.15, 0.2) is 11.4 Å². The van der Waals surface area contributed by atoms with E-state index in [4.69, 9.17) is 0 Å². The molecule has 4 heterocycles. The summed E-state index contributed by atoms with van der Waals surface area (Å²) in [5, 5.41) is 5.21. The van der Waals surface area contributed by atoms with Crippen molar-refractivity contribution >= 4 is 17.2 Å². The minimum absolute atomic E-state index is 0.122. The van der Waals surface area contributed by atoms with Crippen molar-refractivity contribution in [2.75, 3.05) is 19.6 Å². The number of nitrogens with one attached hydrogen (secondary N) is 1. The molecule has 1 amide bonds. The van der Waals surface area contributed by atoms with Crippen molar-refractivity contribution in [1.29, 1.82) is 0 Å². The Morgan fingerprint density at radius 2 is 2.24 bits per heavy atom. The van der Waals surface area contributed by atoms with E-state index in [9.17, 15) is 4.79 Å². The van der Waals surface area contributed by atoms with Crippen molar-refractivity contribution in [3.8, 4) is 0 Å². The smallest absolute Gasteiger partial charge is 0.261 e. The van der Waals surface area contributed by atoms with E-state index in [1.54, 1.807) is 11.3 Å². The van der Waals surface area contributed by atoms with Crippen molar-refractivity contribution < 1.29 is 4.79 Å². The van der Waals surface area contributed by atoms with Crippen molar-refractivity contribution in [1.82, 2.24) is 10.2 Å². The van der Waals surface area contributed by atoms with Gasteiger partial charge in [0.1, 0.15) is 0 Å². The lowest BCUT2D eigenvalue weighted by Crippen LogP contribution is -2.57. The molecule has 3 aliphatic heterocycles. The van der Waals surface area contributed by atoms with Crippen LogP contribution in [0.2, 0.25) is 0 Å². The van der Waals surface area contributed by atoms with Crippen LogP contribution in [0.5, 0.6) is 0 Å². The Balaban J connectivity index is 1.68. The number of aryl methyl sites for hydroxylation is 1. The summed E-state index contributed by atoms with van der Waals surface area (Å²) in [5.41, 5.74) is 1.09. The molecule has 0 aromatic carbocycles. The molecule has 1 aromatic heterocycles. The number of hydrogen-bond acceptors (Lipinski definition) is 3. The number of amides is 1. The number of fused-ring (bicyclic) bond motifs is 3. The largest absolute Gasteiger partial charge is 0.347 e. The second-order valence-electron chi connectivity index (χ2n) is 5.15. The van der Waals surface area contributed by atoms with Gasteiger partial charge >= 0.3 is 0 Å². The second-order valence-corrected chi connectivity index (χ2v) is 6.07. The monoisotopic (exact) mass is 250 g/mol. The lowest BCUT2D eigenvalue weighted by Gasteiger charge is -2.44. The molecule has 1 unspecified atom stereocenters. The third kappa shape index (κ3) is 2.11. The summed E-state index contributed by atoms with van der Waals surface area (Å²) in [4.78, 5) is 15.5.